The predicted molar refractivity (Wildman–Crippen MR) is 73.7 cm³/mol. The Morgan fingerprint density at radius 3 is 1.62 bits per heavy atom. The van der Waals surface area contributed by atoms with Crippen LogP contribution in [0.2, 0.25) is 0 Å². The molecule has 1 fully saturated rings. The van der Waals surface area contributed by atoms with Gasteiger partial charge in [-0.1, -0.05) is 47.5 Å². The summed E-state index contributed by atoms with van der Waals surface area (Å²) in [6.07, 6.45) is 7.40. The van der Waals surface area contributed by atoms with Crippen molar-refractivity contribution in [1.29, 1.82) is 0 Å². The molecule has 98 valence electrons. The van der Waals surface area contributed by atoms with Crippen LogP contribution in [0.3, 0.4) is 0 Å². The highest BCUT2D eigenvalue weighted by Gasteiger charge is 2.22. The second-order valence-electron chi connectivity index (χ2n) is 4.44. The first-order chi connectivity index (χ1) is 7.65. The van der Waals surface area contributed by atoms with Crippen molar-refractivity contribution in [3.05, 3.63) is 0 Å². The van der Waals surface area contributed by atoms with E-state index in [1.54, 1.807) is 6.92 Å². The lowest BCUT2D eigenvalue weighted by Crippen LogP contribution is -2.19. The molecule has 0 saturated heterocycles. The molecule has 1 nitrogen and oxygen atoms in total. The smallest absolute Gasteiger partial charge is 0.132 e. The molecule has 0 aliphatic heterocycles. The van der Waals surface area contributed by atoms with Gasteiger partial charge in [-0.2, -0.15) is 0 Å². The molecule has 0 radical (unpaired) electrons. The van der Waals surface area contributed by atoms with Gasteiger partial charge in [-0.3, -0.25) is 4.79 Å². The molecule has 0 aromatic rings. The minimum atomic E-state index is 0.401. The Bertz CT molecular complexity index is 144. The summed E-state index contributed by atoms with van der Waals surface area (Å²) in [6, 6.07) is 0. The van der Waals surface area contributed by atoms with Crippen LogP contribution in [0.5, 0.6) is 0 Å². The van der Waals surface area contributed by atoms with E-state index in [0.29, 0.717) is 11.7 Å². The van der Waals surface area contributed by atoms with Crippen molar-refractivity contribution in [3.8, 4) is 0 Å². The van der Waals surface area contributed by atoms with E-state index in [2.05, 4.69) is 20.8 Å². The van der Waals surface area contributed by atoms with Crippen molar-refractivity contribution in [3.63, 3.8) is 0 Å². The molecule has 1 aliphatic carbocycles. The predicted octanol–water partition coefficient (Wildman–Crippen LogP) is 5.23. The third-order valence-electron chi connectivity index (χ3n) is 3.00. The fraction of sp³-hybridized carbons (Fsp3) is 0.933. The molecule has 0 bridgehead atoms. The lowest BCUT2D eigenvalue weighted by atomic mass is 9.79. The number of hydrogen-bond donors (Lipinski definition) is 0. The van der Waals surface area contributed by atoms with Crippen molar-refractivity contribution < 1.29 is 4.79 Å². The lowest BCUT2D eigenvalue weighted by Gasteiger charge is -2.25. The molecule has 0 spiro atoms. The van der Waals surface area contributed by atoms with Crippen LogP contribution in [0, 0.1) is 11.8 Å². The Balaban J connectivity index is 0. The van der Waals surface area contributed by atoms with Gasteiger partial charge in [0.15, 0.2) is 0 Å². The molecule has 1 saturated carbocycles. The number of Topliss-reactive ketones (excluding diaryl/α,β-unsaturated/α-hetero) is 1. The van der Waals surface area contributed by atoms with Crippen molar-refractivity contribution in [2.24, 2.45) is 11.8 Å². The van der Waals surface area contributed by atoms with E-state index in [0.717, 1.165) is 18.8 Å². The van der Waals surface area contributed by atoms with E-state index in [9.17, 15) is 4.79 Å². The standard InChI is InChI=1S/C10H18O.C3H8.C2H6/c1-3-9-4-6-10(7-5-9)8(2)11;1-3-2;1-2/h9-10H,3-7H2,1-2H3;3H2,1-2H3;1-2H3. The Morgan fingerprint density at radius 1 is 1.00 bits per heavy atom. The summed E-state index contributed by atoms with van der Waals surface area (Å²) in [6.45, 7) is 12.2. The first-order valence-electron chi connectivity index (χ1n) is 7.16. The van der Waals surface area contributed by atoms with E-state index in [1.165, 1.54) is 25.7 Å². The summed E-state index contributed by atoms with van der Waals surface area (Å²) in [4.78, 5) is 11.0. The third-order valence-corrected chi connectivity index (χ3v) is 3.00. The van der Waals surface area contributed by atoms with E-state index in [4.69, 9.17) is 0 Å². The van der Waals surface area contributed by atoms with Gasteiger partial charge in [0.1, 0.15) is 5.78 Å². The Kier molecular flexibility index (Phi) is 14.4. The van der Waals surface area contributed by atoms with E-state index in [1.807, 2.05) is 13.8 Å². The average molecular weight is 228 g/mol. The molecule has 0 atom stereocenters. The summed E-state index contributed by atoms with van der Waals surface area (Å²) in [5.74, 6) is 1.71. The summed E-state index contributed by atoms with van der Waals surface area (Å²) in [5, 5.41) is 0. The summed E-state index contributed by atoms with van der Waals surface area (Å²) >= 11 is 0. The molecule has 0 aromatic heterocycles. The van der Waals surface area contributed by atoms with Crippen molar-refractivity contribution in [1.82, 2.24) is 0 Å². The molecule has 0 N–H and O–H groups in total. The van der Waals surface area contributed by atoms with Crippen LogP contribution in [0.1, 0.15) is 80.1 Å². The highest BCUT2D eigenvalue weighted by atomic mass is 16.1. The van der Waals surface area contributed by atoms with Gasteiger partial charge in [0, 0.05) is 5.92 Å². The van der Waals surface area contributed by atoms with Crippen LogP contribution >= 0.6 is 0 Å². The molecule has 1 heteroatoms. The zero-order valence-electron chi connectivity index (χ0n) is 12.3. The second kappa shape index (κ2) is 12.7. The number of carbonyl (C=O) groups is 1. The summed E-state index contributed by atoms with van der Waals surface area (Å²) in [7, 11) is 0. The van der Waals surface area contributed by atoms with Crippen LogP contribution in [0.4, 0.5) is 0 Å². The van der Waals surface area contributed by atoms with E-state index < -0.39 is 0 Å². The summed E-state index contributed by atoms with van der Waals surface area (Å²) in [5.41, 5.74) is 0. The summed E-state index contributed by atoms with van der Waals surface area (Å²) < 4.78 is 0. The SMILES string of the molecule is CC.CCC.CCC1CCC(C(C)=O)CC1. The van der Waals surface area contributed by atoms with Gasteiger partial charge in [0.05, 0.1) is 0 Å². The second-order valence-corrected chi connectivity index (χ2v) is 4.44. The Labute approximate surface area is 103 Å². The minimum absolute atomic E-state index is 0.401. The van der Waals surface area contributed by atoms with Crippen LogP contribution in [0.15, 0.2) is 0 Å². The molecule has 16 heavy (non-hydrogen) atoms. The zero-order chi connectivity index (χ0) is 13.0. The largest absolute Gasteiger partial charge is 0.300 e. The first kappa shape index (κ1) is 18.0. The van der Waals surface area contributed by atoms with Crippen molar-refractivity contribution in [2.75, 3.05) is 0 Å². The first-order valence-corrected chi connectivity index (χ1v) is 7.16. The van der Waals surface area contributed by atoms with Crippen LogP contribution in [-0.2, 0) is 4.79 Å². The van der Waals surface area contributed by atoms with Gasteiger partial charge in [-0.25, -0.2) is 0 Å². The number of hydrogen-bond acceptors (Lipinski definition) is 1. The van der Waals surface area contributed by atoms with Crippen LogP contribution in [0.25, 0.3) is 0 Å². The molecular weight excluding hydrogens is 196 g/mol. The lowest BCUT2D eigenvalue weighted by molar-refractivity contribution is -0.121. The third kappa shape index (κ3) is 8.94. The maximum absolute atomic E-state index is 11.0. The Morgan fingerprint density at radius 2 is 1.38 bits per heavy atom. The van der Waals surface area contributed by atoms with E-state index in [-0.39, 0.29) is 0 Å². The molecular formula is C15H32O. The molecule has 0 aromatic carbocycles. The van der Waals surface area contributed by atoms with Crippen molar-refractivity contribution >= 4 is 5.78 Å². The highest BCUT2D eigenvalue weighted by molar-refractivity contribution is 5.78. The molecule has 0 unspecified atom stereocenters. The van der Waals surface area contributed by atoms with Crippen LogP contribution in [-0.4, -0.2) is 5.78 Å². The molecule has 1 rings (SSSR count). The maximum Gasteiger partial charge on any atom is 0.132 e. The minimum Gasteiger partial charge on any atom is -0.300 e. The number of rotatable bonds is 2. The zero-order valence-corrected chi connectivity index (χ0v) is 12.3. The molecule has 0 heterocycles. The molecule has 0 amide bonds. The van der Waals surface area contributed by atoms with Crippen LogP contribution < -0.4 is 0 Å². The number of ketones is 1. The normalized spacial score (nSPS) is 23.4. The maximum atomic E-state index is 11.0. The van der Waals surface area contributed by atoms with Crippen molar-refractivity contribution in [2.45, 2.75) is 80.1 Å². The van der Waals surface area contributed by atoms with Gasteiger partial charge < -0.3 is 0 Å². The van der Waals surface area contributed by atoms with Gasteiger partial charge in [-0.15, -0.1) is 0 Å². The Hall–Kier alpha value is -0.330. The van der Waals surface area contributed by atoms with Gasteiger partial charge in [-0.05, 0) is 38.5 Å². The quantitative estimate of drug-likeness (QED) is 0.632. The average Bonchev–Trinajstić information content (AvgIpc) is 2.33. The van der Waals surface area contributed by atoms with Gasteiger partial charge in [0.2, 0.25) is 0 Å². The highest BCUT2D eigenvalue weighted by Crippen LogP contribution is 2.30. The van der Waals surface area contributed by atoms with Gasteiger partial charge in [0.25, 0.3) is 0 Å². The van der Waals surface area contributed by atoms with Gasteiger partial charge >= 0.3 is 0 Å². The monoisotopic (exact) mass is 228 g/mol. The fourth-order valence-electron chi connectivity index (χ4n) is 1.98. The topological polar surface area (TPSA) is 17.1 Å². The van der Waals surface area contributed by atoms with E-state index >= 15 is 0 Å². The molecule has 1 aliphatic rings. The number of carbonyl (C=O) groups excluding carboxylic acids is 1. The fourth-order valence-corrected chi connectivity index (χ4v) is 1.98.